The third-order valence-electron chi connectivity index (χ3n) is 5.22. The molecular weight excluding hydrogens is 553 g/mol. The Hall–Kier alpha value is -2.58. The third-order valence-corrected chi connectivity index (χ3v) is 6.16. The van der Waals surface area contributed by atoms with E-state index in [1.807, 2.05) is 12.1 Å². The molecule has 34 heavy (non-hydrogen) atoms. The average Bonchev–Trinajstić information content (AvgIpc) is 2.78. The average molecular weight is 585 g/mol. The molecule has 2 bridgehead atoms. The number of Topliss-reactive ketones (excluding diaryl/α,β-unsaturated/α-hetero) is 2. The van der Waals surface area contributed by atoms with Crippen molar-refractivity contribution >= 4 is 51.9 Å². The van der Waals surface area contributed by atoms with E-state index >= 15 is 0 Å². The zero-order chi connectivity index (χ0) is 25.3. The number of fused-ring (bicyclic) bond motifs is 2. The first-order valence-corrected chi connectivity index (χ1v) is 12.1. The van der Waals surface area contributed by atoms with Crippen molar-refractivity contribution in [1.82, 2.24) is 21.3 Å². The number of carbonyl (C=O) groups excluding carboxylic acids is 4. The van der Waals surface area contributed by atoms with Crippen LogP contribution in [0.5, 0.6) is 0 Å². The molecule has 0 radical (unpaired) electrons. The van der Waals surface area contributed by atoms with E-state index in [-0.39, 0.29) is 31.4 Å². The molecular formula is C22H32IN7O4. The summed E-state index contributed by atoms with van der Waals surface area (Å²) in [5.41, 5.74) is 12.0. The standard InChI is InChI=1S/C22H32IN7O4/c1-12(2)18-20(33)19(32)16(4-3-7-28-22(24)25)29-17(31)10-27-11-26-9-13-5-6-15(23)14(8-13)21(34)30-18/h5-6,8,12,16,18,26-27H,3-4,7,9-11H2,1-2H3,(H,29,31)(H,30,34)(H4,24,25,28)/t16-,18-/m0/s1. The molecule has 11 nitrogen and oxygen atoms in total. The van der Waals surface area contributed by atoms with Crippen LogP contribution in [0.3, 0.4) is 0 Å². The number of nitrogens with zero attached hydrogens (tertiary/aromatic N) is 1. The lowest BCUT2D eigenvalue weighted by atomic mass is 9.92. The van der Waals surface area contributed by atoms with E-state index in [0.717, 1.165) is 9.13 Å². The summed E-state index contributed by atoms with van der Waals surface area (Å²) in [6.45, 7) is 4.51. The predicted octanol–water partition coefficient (Wildman–Crippen LogP) is -0.627. The van der Waals surface area contributed by atoms with Gasteiger partial charge in [0.1, 0.15) is 0 Å². The second kappa shape index (κ2) is 13.3. The van der Waals surface area contributed by atoms with Gasteiger partial charge in [-0.05, 0) is 59.0 Å². The van der Waals surface area contributed by atoms with Crippen molar-refractivity contribution in [3.8, 4) is 0 Å². The Kier molecular flexibility index (Phi) is 10.9. The Balaban J connectivity index is 2.33. The Bertz CT molecular complexity index is 947. The number of nitrogens with one attached hydrogen (secondary N) is 4. The van der Waals surface area contributed by atoms with Gasteiger partial charge < -0.3 is 27.4 Å². The fourth-order valence-electron chi connectivity index (χ4n) is 3.42. The Morgan fingerprint density at radius 3 is 2.47 bits per heavy atom. The second-order valence-electron chi connectivity index (χ2n) is 8.34. The molecule has 1 aromatic rings. The summed E-state index contributed by atoms with van der Waals surface area (Å²) in [5.74, 6) is -2.83. The fraction of sp³-hybridized carbons (Fsp3) is 0.500. The van der Waals surface area contributed by atoms with Crippen LogP contribution in [0.1, 0.15) is 42.6 Å². The minimum atomic E-state index is -1.06. The molecule has 2 rings (SSSR count). The van der Waals surface area contributed by atoms with E-state index in [1.165, 1.54) is 0 Å². The van der Waals surface area contributed by atoms with Crippen LogP contribution in [0.2, 0.25) is 0 Å². The highest BCUT2D eigenvalue weighted by Crippen LogP contribution is 2.16. The first kappa shape index (κ1) is 27.7. The van der Waals surface area contributed by atoms with Crippen molar-refractivity contribution in [3.05, 3.63) is 32.9 Å². The van der Waals surface area contributed by atoms with Crippen molar-refractivity contribution in [2.24, 2.45) is 22.4 Å². The van der Waals surface area contributed by atoms with Crippen LogP contribution in [0, 0.1) is 9.49 Å². The zero-order valence-corrected chi connectivity index (χ0v) is 21.5. The van der Waals surface area contributed by atoms with Gasteiger partial charge in [-0.1, -0.05) is 19.9 Å². The smallest absolute Gasteiger partial charge is 0.252 e. The number of hydrogen-bond donors (Lipinski definition) is 6. The number of aliphatic imine (C=N–C) groups is 1. The summed E-state index contributed by atoms with van der Waals surface area (Å²) in [5, 5.41) is 11.5. The van der Waals surface area contributed by atoms with E-state index in [4.69, 9.17) is 11.5 Å². The van der Waals surface area contributed by atoms with Crippen LogP contribution in [0.15, 0.2) is 23.2 Å². The second-order valence-corrected chi connectivity index (χ2v) is 9.50. The highest BCUT2D eigenvalue weighted by atomic mass is 127. The number of carbonyl (C=O) groups is 4. The summed E-state index contributed by atoms with van der Waals surface area (Å²) in [6.07, 6.45) is 0.546. The molecule has 2 amide bonds. The largest absolute Gasteiger partial charge is 0.370 e. The van der Waals surface area contributed by atoms with Crippen LogP contribution in [-0.4, -0.2) is 61.2 Å². The molecule has 0 unspecified atom stereocenters. The van der Waals surface area contributed by atoms with Gasteiger partial charge in [-0.15, -0.1) is 0 Å². The van der Waals surface area contributed by atoms with Gasteiger partial charge in [0.15, 0.2) is 5.96 Å². The van der Waals surface area contributed by atoms with E-state index < -0.39 is 35.5 Å². The lowest BCUT2D eigenvalue weighted by Crippen LogP contribution is -2.54. The van der Waals surface area contributed by atoms with Crippen LogP contribution in [0.4, 0.5) is 0 Å². The lowest BCUT2D eigenvalue weighted by Gasteiger charge is -2.24. The number of hydrogen-bond acceptors (Lipinski definition) is 7. The number of benzene rings is 1. The number of halogens is 1. The van der Waals surface area contributed by atoms with Crippen molar-refractivity contribution in [3.63, 3.8) is 0 Å². The van der Waals surface area contributed by atoms with Gasteiger partial charge in [-0.3, -0.25) is 29.5 Å². The van der Waals surface area contributed by atoms with Gasteiger partial charge in [0.05, 0.1) is 24.2 Å². The maximum Gasteiger partial charge on any atom is 0.252 e. The predicted molar refractivity (Wildman–Crippen MR) is 137 cm³/mol. The molecule has 0 saturated carbocycles. The van der Waals surface area contributed by atoms with Crippen LogP contribution in [0.25, 0.3) is 0 Å². The summed E-state index contributed by atoms with van der Waals surface area (Å²) < 4.78 is 0.726. The number of nitrogens with two attached hydrogens (primary N) is 2. The lowest BCUT2D eigenvalue weighted by molar-refractivity contribution is -0.140. The number of amides is 2. The van der Waals surface area contributed by atoms with Crippen molar-refractivity contribution in [2.45, 2.75) is 45.3 Å². The van der Waals surface area contributed by atoms with Crippen molar-refractivity contribution in [2.75, 3.05) is 19.8 Å². The van der Waals surface area contributed by atoms with Crippen molar-refractivity contribution in [1.29, 1.82) is 0 Å². The molecule has 12 heteroatoms. The maximum atomic E-state index is 13.2. The minimum Gasteiger partial charge on any atom is -0.370 e. The quantitative estimate of drug-likeness (QED) is 0.0869. The summed E-state index contributed by atoms with van der Waals surface area (Å²) in [6, 6.07) is 3.36. The Morgan fingerprint density at radius 1 is 1.09 bits per heavy atom. The summed E-state index contributed by atoms with van der Waals surface area (Å²) in [4.78, 5) is 55.7. The normalized spacial score (nSPS) is 20.6. The van der Waals surface area contributed by atoms with E-state index in [0.29, 0.717) is 25.2 Å². The minimum absolute atomic E-state index is 0.0405. The van der Waals surface area contributed by atoms with Gasteiger partial charge in [-0.25, -0.2) is 0 Å². The maximum absolute atomic E-state index is 13.2. The number of rotatable bonds is 5. The topological polar surface area (TPSA) is 181 Å². The molecule has 0 aliphatic carbocycles. The highest BCUT2D eigenvalue weighted by Gasteiger charge is 2.35. The highest BCUT2D eigenvalue weighted by molar-refractivity contribution is 14.1. The monoisotopic (exact) mass is 585 g/mol. The number of guanidine groups is 1. The van der Waals surface area contributed by atoms with Crippen LogP contribution in [-0.2, 0) is 20.9 Å². The first-order valence-electron chi connectivity index (χ1n) is 11.0. The molecule has 186 valence electrons. The molecule has 0 aromatic heterocycles. The molecule has 1 aliphatic heterocycles. The van der Waals surface area contributed by atoms with Gasteiger partial charge in [-0.2, -0.15) is 0 Å². The molecule has 1 heterocycles. The van der Waals surface area contributed by atoms with Crippen LogP contribution >= 0.6 is 22.6 Å². The fourth-order valence-corrected chi connectivity index (χ4v) is 4.00. The molecule has 0 fully saturated rings. The molecule has 0 spiro atoms. The molecule has 1 aromatic carbocycles. The number of ketones is 2. The molecule has 8 N–H and O–H groups in total. The first-order chi connectivity index (χ1) is 16.1. The summed E-state index contributed by atoms with van der Waals surface area (Å²) in [7, 11) is 0. The molecule has 2 atom stereocenters. The van der Waals surface area contributed by atoms with E-state index in [2.05, 4.69) is 48.9 Å². The van der Waals surface area contributed by atoms with Gasteiger partial charge >= 0.3 is 0 Å². The van der Waals surface area contributed by atoms with Gasteiger partial charge in [0, 0.05) is 23.3 Å². The van der Waals surface area contributed by atoms with Gasteiger partial charge in [0.25, 0.3) is 5.91 Å². The molecule has 1 aliphatic rings. The van der Waals surface area contributed by atoms with Gasteiger partial charge in [0.2, 0.25) is 17.5 Å². The van der Waals surface area contributed by atoms with Crippen molar-refractivity contribution < 1.29 is 19.2 Å². The Labute approximate surface area is 212 Å². The third kappa shape index (κ3) is 8.33. The zero-order valence-electron chi connectivity index (χ0n) is 19.3. The van der Waals surface area contributed by atoms with E-state index in [9.17, 15) is 19.2 Å². The van der Waals surface area contributed by atoms with Crippen LogP contribution < -0.4 is 32.7 Å². The van der Waals surface area contributed by atoms with E-state index in [1.54, 1.807) is 19.9 Å². The SMILES string of the molecule is CC(C)[C@@H]1NC(=O)c2cc(ccc2I)CNCNCC(=O)N[C@@H](CCCN=C(N)N)C(=O)C1=O. The Morgan fingerprint density at radius 2 is 1.79 bits per heavy atom. The molecule has 0 saturated heterocycles. The summed E-state index contributed by atoms with van der Waals surface area (Å²) >= 11 is 2.06.